The molecule has 1 aliphatic heterocycles. The van der Waals surface area contributed by atoms with Gasteiger partial charge in [0.1, 0.15) is 11.7 Å². The summed E-state index contributed by atoms with van der Waals surface area (Å²) in [4.78, 5) is 45.8. The van der Waals surface area contributed by atoms with E-state index >= 15 is 0 Å². The van der Waals surface area contributed by atoms with Crippen molar-refractivity contribution >= 4 is 39.7 Å². The van der Waals surface area contributed by atoms with E-state index < -0.39 is 12.0 Å². The zero-order valence-corrected chi connectivity index (χ0v) is 25.1. The number of hydrogen-bond donors (Lipinski definition) is 1. The van der Waals surface area contributed by atoms with Gasteiger partial charge < -0.3 is 20.3 Å². The van der Waals surface area contributed by atoms with E-state index in [4.69, 9.17) is 10.5 Å². The van der Waals surface area contributed by atoms with Crippen LogP contribution in [0.1, 0.15) is 57.4 Å². The highest BCUT2D eigenvalue weighted by Crippen LogP contribution is 2.60. The lowest BCUT2D eigenvalue weighted by Crippen LogP contribution is -2.53. The Kier molecular flexibility index (Phi) is 7.04. The van der Waals surface area contributed by atoms with Crippen molar-refractivity contribution in [3.8, 4) is 5.75 Å². The van der Waals surface area contributed by atoms with Gasteiger partial charge in [-0.2, -0.15) is 0 Å². The van der Waals surface area contributed by atoms with E-state index in [-0.39, 0.29) is 36.0 Å². The van der Waals surface area contributed by atoms with Gasteiger partial charge in [-0.05, 0) is 97.6 Å². The first-order chi connectivity index (χ1) is 20.7. The molecule has 0 spiro atoms. The summed E-state index contributed by atoms with van der Waals surface area (Å²) in [6.45, 7) is 2.42. The van der Waals surface area contributed by atoms with Gasteiger partial charge in [-0.25, -0.2) is 0 Å². The Labute approximate surface area is 253 Å². The number of ketones is 1. The number of Topliss-reactive ketones (excluding diaryl/α,β-unsaturated/α-hetero) is 1. The van der Waals surface area contributed by atoms with Gasteiger partial charge in [-0.1, -0.05) is 42.5 Å². The van der Waals surface area contributed by atoms with Crippen LogP contribution in [0.15, 0.2) is 60.7 Å². The van der Waals surface area contributed by atoms with Crippen LogP contribution in [0.2, 0.25) is 0 Å². The molecule has 4 aliphatic carbocycles. The molecule has 7 nitrogen and oxygen atoms in total. The number of nitrogens with zero attached hydrogens (tertiary/aromatic N) is 2. The largest absolute Gasteiger partial charge is 0.496 e. The van der Waals surface area contributed by atoms with Gasteiger partial charge in [0.15, 0.2) is 5.78 Å². The lowest BCUT2D eigenvalue weighted by Gasteiger charge is -2.57. The summed E-state index contributed by atoms with van der Waals surface area (Å²) in [6.07, 6.45) is 7.15. The maximum atomic E-state index is 14.6. The molecule has 7 heteroatoms. The second-order valence-corrected chi connectivity index (χ2v) is 13.7. The third-order valence-electron chi connectivity index (χ3n) is 10.7. The number of methoxy groups -OCH3 is 1. The summed E-state index contributed by atoms with van der Waals surface area (Å²) in [5.41, 5.74) is 8.34. The van der Waals surface area contributed by atoms with Crippen LogP contribution in [-0.4, -0.2) is 37.3 Å². The Balaban J connectivity index is 1.34. The molecule has 0 aromatic heterocycles. The monoisotopic (exact) mass is 579 g/mol. The summed E-state index contributed by atoms with van der Waals surface area (Å²) in [7, 11) is 1.63. The molecule has 4 bridgehead atoms. The number of fused-ring (bicyclic) bond motifs is 2. The minimum absolute atomic E-state index is 0.0598. The lowest BCUT2D eigenvalue weighted by atomic mass is 9.49. The Morgan fingerprint density at radius 3 is 2.09 bits per heavy atom. The molecule has 1 heterocycles. The zero-order chi connectivity index (χ0) is 29.9. The van der Waals surface area contributed by atoms with Crippen molar-refractivity contribution in [1.82, 2.24) is 0 Å². The summed E-state index contributed by atoms with van der Waals surface area (Å²) in [6, 6.07) is 19.0. The average molecular weight is 580 g/mol. The highest BCUT2D eigenvalue weighted by Gasteiger charge is 2.53. The molecule has 3 aromatic rings. The Hall–Kier alpha value is -3.71. The fourth-order valence-corrected chi connectivity index (χ4v) is 9.18. The van der Waals surface area contributed by atoms with E-state index in [1.807, 2.05) is 65.6 Å². The molecule has 5 aliphatic rings. The fourth-order valence-electron chi connectivity index (χ4n) is 9.18. The summed E-state index contributed by atoms with van der Waals surface area (Å²) in [5, 5.41) is 2.02. The van der Waals surface area contributed by atoms with E-state index in [1.165, 1.54) is 19.3 Å². The number of carbonyl (C=O) groups is 3. The fraction of sp³-hybridized carbons (Fsp3) is 0.472. The summed E-state index contributed by atoms with van der Waals surface area (Å²) in [5.74, 6) is 0.802. The zero-order valence-electron chi connectivity index (χ0n) is 25.1. The van der Waals surface area contributed by atoms with Crippen molar-refractivity contribution in [2.75, 3.05) is 23.5 Å². The van der Waals surface area contributed by atoms with Crippen LogP contribution in [0.5, 0.6) is 5.75 Å². The molecule has 4 saturated carbocycles. The number of nitrogens with two attached hydrogens (primary N) is 1. The van der Waals surface area contributed by atoms with Crippen LogP contribution in [0.4, 0.5) is 11.4 Å². The minimum atomic E-state index is -1.14. The second kappa shape index (κ2) is 10.8. The third-order valence-corrected chi connectivity index (χ3v) is 10.7. The number of ether oxygens (including phenoxy) is 1. The molecule has 4 fully saturated rings. The van der Waals surface area contributed by atoms with E-state index in [0.29, 0.717) is 18.0 Å². The highest BCUT2D eigenvalue weighted by atomic mass is 16.5. The first-order valence-corrected chi connectivity index (χ1v) is 15.8. The molecule has 3 aromatic carbocycles. The molecule has 2 amide bonds. The van der Waals surface area contributed by atoms with Crippen molar-refractivity contribution in [1.29, 1.82) is 0 Å². The van der Waals surface area contributed by atoms with Gasteiger partial charge in [0, 0.05) is 18.5 Å². The SMILES string of the molecule is COc1ccc2ccccc2c1CN1C(=O)C(CC(=O)[C@H](C)N)C(=O)N(CC23CC4CC(CC(C4)C2)C3)c2ccccc21. The average Bonchev–Trinajstić information content (AvgIpc) is 3.06. The standard InChI is InChI=1S/C36H41N3O4/c1-22(37)32(40)16-28-34(41)38(20-29-27-8-4-3-7-26(27)11-12-33(29)43-2)30-9-5-6-10-31(30)39(35(28)42)21-36-17-23-13-24(18-36)15-25(14-23)19-36/h3-12,22-25,28H,13-21,37H2,1-2H3/t22-,23?,24?,25?,28?,36?/m0/s1. The van der Waals surface area contributed by atoms with Crippen LogP contribution >= 0.6 is 0 Å². The second-order valence-electron chi connectivity index (χ2n) is 13.7. The maximum Gasteiger partial charge on any atom is 0.240 e. The molecule has 0 saturated heterocycles. The minimum Gasteiger partial charge on any atom is -0.496 e. The molecular formula is C36H41N3O4. The van der Waals surface area contributed by atoms with Crippen molar-refractivity contribution in [2.24, 2.45) is 34.8 Å². The van der Waals surface area contributed by atoms with Crippen LogP contribution in [0, 0.1) is 29.1 Å². The van der Waals surface area contributed by atoms with Crippen molar-refractivity contribution in [2.45, 2.75) is 64.5 Å². The van der Waals surface area contributed by atoms with Crippen molar-refractivity contribution in [3.63, 3.8) is 0 Å². The van der Waals surface area contributed by atoms with Gasteiger partial charge in [-0.3, -0.25) is 14.4 Å². The van der Waals surface area contributed by atoms with E-state index in [1.54, 1.807) is 18.9 Å². The molecule has 2 N–H and O–H groups in total. The van der Waals surface area contributed by atoms with Gasteiger partial charge in [0.05, 0.1) is 31.1 Å². The lowest BCUT2D eigenvalue weighted by molar-refractivity contribution is -0.136. The molecule has 0 radical (unpaired) electrons. The summed E-state index contributed by atoms with van der Waals surface area (Å²) < 4.78 is 5.79. The number of para-hydroxylation sites is 2. The smallest absolute Gasteiger partial charge is 0.240 e. The van der Waals surface area contributed by atoms with Crippen LogP contribution < -0.4 is 20.3 Å². The Morgan fingerprint density at radius 1 is 0.884 bits per heavy atom. The molecular weight excluding hydrogens is 538 g/mol. The normalized spacial score (nSPS) is 28.6. The van der Waals surface area contributed by atoms with Gasteiger partial charge >= 0.3 is 0 Å². The van der Waals surface area contributed by atoms with Crippen LogP contribution in [-0.2, 0) is 20.9 Å². The first kappa shape index (κ1) is 28.1. The predicted octanol–water partition coefficient (Wildman–Crippen LogP) is 5.87. The number of carbonyl (C=O) groups excluding carboxylic acids is 3. The predicted molar refractivity (Wildman–Crippen MR) is 168 cm³/mol. The van der Waals surface area contributed by atoms with Crippen molar-refractivity contribution < 1.29 is 19.1 Å². The van der Waals surface area contributed by atoms with Crippen molar-refractivity contribution in [3.05, 3.63) is 66.2 Å². The molecule has 2 atom stereocenters. The summed E-state index contributed by atoms with van der Waals surface area (Å²) >= 11 is 0. The van der Waals surface area contributed by atoms with Gasteiger partial charge in [0.2, 0.25) is 11.8 Å². The number of anilines is 2. The van der Waals surface area contributed by atoms with E-state index in [0.717, 1.165) is 59.0 Å². The Bertz CT molecular complexity index is 1560. The number of rotatable bonds is 8. The van der Waals surface area contributed by atoms with Crippen LogP contribution in [0.3, 0.4) is 0 Å². The topological polar surface area (TPSA) is 92.9 Å². The third kappa shape index (κ3) is 4.92. The molecule has 1 unspecified atom stereocenters. The molecule has 43 heavy (non-hydrogen) atoms. The number of amides is 2. The number of hydrogen-bond acceptors (Lipinski definition) is 5. The first-order valence-electron chi connectivity index (χ1n) is 15.8. The highest BCUT2D eigenvalue weighted by molar-refractivity contribution is 6.19. The number of benzene rings is 3. The molecule has 224 valence electrons. The van der Waals surface area contributed by atoms with Gasteiger partial charge in [0.25, 0.3) is 0 Å². The van der Waals surface area contributed by atoms with E-state index in [2.05, 4.69) is 0 Å². The van der Waals surface area contributed by atoms with E-state index in [9.17, 15) is 14.4 Å². The van der Waals surface area contributed by atoms with Gasteiger partial charge in [-0.15, -0.1) is 0 Å². The quantitative estimate of drug-likeness (QED) is 0.337. The Morgan fingerprint density at radius 2 is 1.47 bits per heavy atom. The molecule has 8 rings (SSSR count). The van der Waals surface area contributed by atoms with Crippen LogP contribution in [0.25, 0.3) is 10.8 Å². The maximum absolute atomic E-state index is 14.6.